The molecule has 4 heteroatoms. The lowest BCUT2D eigenvalue weighted by Crippen LogP contribution is -2.35. The van der Waals surface area contributed by atoms with Crippen LogP contribution in [-0.2, 0) is 9.59 Å². The van der Waals surface area contributed by atoms with Crippen molar-refractivity contribution in [3.63, 3.8) is 0 Å². The summed E-state index contributed by atoms with van der Waals surface area (Å²) in [6, 6.07) is 0.370. The molecule has 0 aliphatic carbocycles. The summed E-state index contributed by atoms with van der Waals surface area (Å²) in [6.45, 7) is 14.3. The number of rotatable bonds is 12. The first-order chi connectivity index (χ1) is 10.1. The minimum atomic E-state index is 0.0911. The largest absolute Gasteiger partial charge is 0.307 e. The summed E-state index contributed by atoms with van der Waals surface area (Å²) in [4.78, 5) is 25.7. The summed E-state index contributed by atoms with van der Waals surface area (Å²) < 4.78 is 0. The minimum absolute atomic E-state index is 0.0911. The van der Waals surface area contributed by atoms with Gasteiger partial charge in [0, 0.05) is 24.9 Å². The first-order valence-electron chi connectivity index (χ1n) is 8.59. The van der Waals surface area contributed by atoms with Crippen LogP contribution in [-0.4, -0.2) is 49.2 Å². The molecule has 0 saturated heterocycles. The molecule has 1 unspecified atom stereocenters. The summed E-state index contributed by atoms with van der Waals surface area (Å²) in [5.74, 6) is 1.61. The molecule has 0 fully saturated rings. The minimum Gasteiger partial charge on any atom is -0.307 e. The third kappa shape index (κ3) is 10.1. The molecule has 4 nitrogen and oxygen atoms in total. The van der Waals surface area contributed by atoms with Crippen molar-refractivity contribution in [2.24, 2.45) is 17.8 Å². The molecule has 0 aromatic carbocycles. The molecule has 0 saturated carbocycles. The molecular weight excluding hydrogens is 276 g/mol. The maximum atomic E-state index is 11.9. The Hall–Kier alpha value is -0.740. The van der Waals surface area contributed by atoms with Crippen LogP contribution < -0.4 is 5.32 Å². The summed E-state index contributed by atoms with van der Waals surface area (Å²) in [6.07, 6.45) is 1.50. The normalized spacial score (nSPS) is 14.6. The molecule has 0 aromatic rings. The lowest BCUT2D eigenvalue weighted by Gasteiger charge is -2.21. The predicted octanol–water partition coefficient (Wildman–Crippen LogP) is 2.76. The molecule has 0 aliphatic rings. The molecule has 22 heavy (non-hydrogen) atoms. The highest BCUT2D eigenvalue weighted by Gasteiger charge is 2.14. The third-order valence-electron chi connectivity index (χ3n) is 4.23. The van der Waals surface area contributed by atoms with E-state index in [2.05, 4.69) is 37.9 Å². The van der Waals surface area contributed by atoms with Crippen LogP contribution in [0.3, 0.4) is 0 Å². The molecule has 0 aliphatic heterocycles. The molecule has 2 atom stereocenters. The molecular formula is C18H36N2O2. The molecule has 0 rings (SSSR count). The molecule has 0 aromatic heterocycles. The van der Waals surface area contributed by atoms with Crippen molar-refractivity contribution in [2.45, 2.75) is 60.4 Å². The zero-order valence-electron chi connectivity index (χ0n) is 15.6. The van der Waals surface area contributed by atoms with Crippen LogP contribution >= 0.6 is 0 Å². The van der Waals surface area contributed by atoms with E-state index in [0.29, 0.717) is 37.4 Å². The highest BCUT2D eigenvalue weighted by Crippen LogP contribution is 2.09. The van der Waals surface area contributed by atoms with Crippen LogP contribution in [0.25, 0.3) is 0 Å². The molecule has 0 amide bonds. The lowest BCUT2D eigenvalue weighted by molar-refractivity contribution is -0.123. The van der Waals surface area contributed by atoms with Crippen molar-refractivity contribution in [3.05, 3.63) is 0 Å². The van der Waals surface area contributed by atoms with E-state index in [1.54, 1.807) is 0 Å². The number of likely N-dealkylation sites (N-methyl/N-ethyl adjacent to an activating group) is 1. The summed E-state index contributed by atoms with van der Waals surface area (Å²) >= 11 is 0. The number of hydrogen-bond acceptors (Lipinski definition) is 4. The van der Waals surface area contributed by atoms with E-state index in [4.69, 9.17) is 0 Å². The number of nitrogens with one attached hydrogen (secondary N) is 1. The summed E-state index contributed by atoms with van der Waals surface area (Å²) in [5.41, 5.74) is 0. The second-order valence-corrected chi connectivity index (χ2v) is 7.41. The van der Waals surface area contributed by atoms with E-state index in [9.17, 15) is 9.59 Å². The van der Waals surface area contributed by atoms with Crippen molar-refractivity contribution in [2.75, 3.05) is 26.7 Å². The Morgan fingerprint density at radius 1 is 1.05 bits per heavy atom. The van der Waals surface area contributed by atoms with Crippen molar-refractivity contribution in [1.29, 1.82) is 0 Å². The second-order valence-electron chi connectivity index (χ2n) is 7.41. The average molecular weight is 312 g/mol. The molecule has 130 valence electrons. The third-order valence-corrected chi connectivity index (χ3v) is 4.23. The Morgan fingerprint density at radius 2 is 1.64 bits per heavy atom. The van der Waals surface area contributed by atoms with Crippen LogP contribution in [0.2, 0.25) is 0 Å². The maximum absolute atomic E-state index is 11.9. The van der Waals surface area contributed by atoms with E-state index < -0.39 is 0 Å². The van der Waals surface area contributed by atoms with Gasteiger partial charge in [-0.2, -0.15) is 0 Å². The summed E-state index contributed by atoms with van der Waals surface area (Å²) in [7, 11) is 1.98. The van der Waals surface area contributed by atoms with E-state index >= 15 is 0 Å². The van der Waals surface area contributed by atoms with Gasteiger partial charge in [0.1, 0.15) is 11.6 Å². The lowest BCUT2D eigenvalue weighted by atomic mass is 10.0. The van der Waals surface area contributed by atoms with Crippen molar-refractivity contribution in [1.82, 2.24) is 10.2 Å². The van der Waals surface area contributed by atoms with Crippen molar-refractivity contribution in [3.8, 4) is 0 Å². The van der Waals surface area contributed by atoms with Crippen molar-refractivity contribution < 1.29 is 9.59 Å². The van der Waals surface area contributed by atoms with E-state index in [-0.39, 0.29) is 17.5 Å². The number of hydrogen-bond donors (Lipinski definition) is 1. The average Bonchev–Trinajstić information content (AvgIpc) is 2.41. The second kappa shape index (κ2) is 10.9. The number of carbonyl (C=O) groups is 2. The molecule has 1 N–H and O–H groups in total. The predicted molar refractivity (Wildman–Crippen MR) is 93.0 cm³/mol. The van der Waals surface area contributed by atoms with Gasteiger partial charge in [-0.25, -0.2) is 0 Å². The van der Waals surface area contributed by atoms with Gasteiger partial charge in [-0.15, -0.1) is 0 Å². The molecule has 0 heterocycles. The van der Waals surface area contributed by atoms with Gasteiger partial charge in [-0.3, -0.25) is 14.5 Å². The van der Waals surface area contributed by atoms with Gasteiger partial charge in [0.05, 0.1) is 13.1 Å². The van der Waals surface area contributed by atoms with Crippen molar-refractivity contribution >= 4 is 11.6 Å². The summed E-state index contributed by atoms with van der Waals surface area (Å²) in [5, 5.41) is 3.28. The van der Waals surface area contributed by atoms with Gasteiger partial charge in [-0.05, 0) is 32.2 Å². The Labute approximate surface area is 137 Å². The first-order valence-corrected chi connectivity index (χ1v) is 8.59. The number of ketones is 2. The van der Waals surface area contributed by atoms with E-state index in [0.717, 1.165) is 13.0 Å². The monoisotopic (exact) mass is 312 g/mol. The van der Waals surface area contributed by atoms with E-state index in [1.807, 2.05) is 20.9 Å². The van der Waals surface area contributed by atoms with Gasteiger partial charge in [0.2, 0.25) is 0 Å². The fraction of sp³-hybridized carbons (Fsp3) is 0.889. The topological polar surface area (TPSA) is 49.4 Å². The maximum Gasteiger partial charge on any atom is 0.149 e. The van der Waals surface area contributed by atoms with Crippen LogP contribution in [0.4, 0.5) is 0 Å². The Kier molecular flexibility index (Phi) is 10.5. The number of Topliss-reactive ketones (excluding diaryl/α,β-unsaturated/α-hetero) is 2. The van der Waals surface area contributed by atoms with Crippen LogP contribution in [0.15, 0.2) is 0 Å². The Balaban J connectivity index is 3.90. The highest BCUT2D eigenvalue weighted by atomic mass is 16.1. The fourth-order valence-corrected chi connectivity index (χ4v) is 2.14. The SMILES string of the molecule is CC(C)C(=O)CN(C)C[C@H](C)CCC(=O)CNC(C)C(C)C. The zero-order valence-corrected chi connectivity index (χ0v) is 15.6. The van der Waals surface area contributed by atoms with Gasteiger partial charge in [0.25, 0.3) is 0 Å². The zero-order chi connectivity index (χ0) is 17.3. The smallest absolute Gasteiger partial charge is 0.149 e. The van der Waals surface area contributed by atoms with E-state index in [1.165, 1.54) is 0 Å². The number of nitrogens with zero attached hydrogens (tertiary/aromatic N) is 1. The number of carbonyl (C=O) groups excluding carboxylic acids is 2. The fourth-order valence-electron chi connectivity index (χ4n) is 2.14. The Bertz CT molecular complexity index is 340. The molecule has 0 bridgehead atoms. The van der Waals surface area contributed by atoms with Crippen LogP contribution in [0.1, 0.15) is 54.4 Å². The van der Waals surface area contributed by atoms with Gasteiger partial charge in [-0.1, -0.05) is 34.6 Å². The first kappa shape index (κ1) is 21.3. The molecule has 0 spiro atoms. The molecule has 0 radical (unpaired) electrons. The Morgan fingerprint density at radius 3 is 2.14 bits per heavy atom. The quantitative estimate of drug-likeness (QED) is 0.602. The van der Waals surface area contributed by atoms with Gasteiger partial charge in [0.15, 0.2) is 0 Å². The van der Waals surface area contributed by atoms with Crippen LogP contribution in [0, 0.1) is 17.8 Å². The van der Waals surface area contributed by atoms with Crippen LogP contribution in [0.5, 0.6) is 0 Å². The van der Waals surface area contributed by atoms with Gasteiger partial charge < -0.3 is 5.32 Å². The highest BCUT2D eigenvalue weighted by molar-refractivity contribution is 5.82. The van der Waals surface area contributed by atoms with Gasteiger partial charge >= 0.3 is 0 Å². The standard InChI is InChI=1S/C18H36N2O2/c1-13(2)16(6)19-10-17(21)9-8-15(5)11-20(7)12-18(22)14(3)4/h13-16,19H,8-12H2,1-7H3/t15-,16?/m1/s1.